The molecule has 4 rings (SSSR count). The van der Waals surface area contributed by atoms with Crippen LogP contribution >= 0.6 is 0 Å². The van der Waals surface area contributed by atoms with Gasteiger partial charge in [-0.2, -0.15) is 0 Å². The van der Waals surface area contributed by atoms with Crippen molar-refractivity contribution in [1.82, 2.24) is 9.55 Å². The van der Waals surface area contributed by atoms with E-state index in [1.54, 1.807) is 6.20 Å². The van der Waals surface area contributed by atoms with Crippen molar-refractivity contribution < 1.29 is 9.84 Å². The summed E-state index contributed by atoms with van der Waals surface area (Å²) in [7, 11) is 0. The molecular weight excluding hydrogens is 352 g/mol. The Bertz CT molecular complexity index is 1010. The van der Waals surface area contributed by atoms with Crippen molar-refractivity contribution in [3.63, 3.8) is 0 Å². The molecule has 0 radical (unpaired) electrons. The van der Waals surface area contributed by atoms with Crippen molar-refractivity contribution in [3.05, 3.63) is 53.9 Å². The second kappa shape index (κ2) is 7.64. The predicted octanol–water partition coefficient (Wildman–Crippen LogP) is 4.32. The first-order valence-electron chi connectivity index (χ1n) is 9.71. The first kappa shape index (κ1) is 18.5. The molecule has 2 aromatic heterocycles. The number of fused-ring (bicyclic) bond motifs is 1. The van der Waals surface area contributed by atoms with Gasteiger partial charge in [-0.1, -0.05) is 6.07 Å². The molecule has 0 saturated heterocycles. The number of aromatic nitrogens is 2. The summed E-state index contributed by atoms with van der Waals surface area (Å²) in [5.74, 6) is 0.256. The van der Waals surface area contributed by atoms with Crippen LogP contribution in [0.4, 0.5) is 5.69 Å². The number of aromatic hydroxyl groups is 1. The van der Waals surface area contributed by atoms with E-state index in [-0.39, 0.29) is 18.0 Å². The third-order valence-electron chi connectivity index (χ3n) is 5.13. The van der Waals surface area contributed by atoms with Gasteiger partial charge >= 0.3 is 0 Å². The van der Waals surface area contributed by atoms with E-state index >= 15 is 0 Å². The van der Waals surface area contributed by atoms with E-state index in [2.05, 4.69) is 60.3 Å². The van der Waals surface area contributed by atoms with E-state index in [1.807, 2.05) is 16.8 Å². The molecule has 6 nitrogen and oxygen atoms in total. The van der Waals surface area contributed by atoms with Crippen molar-refractivity contribution in [2.45, 2.75) is 32.9 Å². The molecule has 6 heteroatoms. The highest BCUT2D eigenvalue weighted by Gasteiger charge is 2.24. The molecule has 3 aromatic rings. The summed E-state index contributed by atoms with van der Waals surface area (Å²) in [4.78, 5) is 8.81. The van der Waals surface area contributed by atoms with Crippen molar-refractivity contribution >= 4 is 22.3 Å². The molecule has 1 unspecified atom stereocenters. The van der Waals surface area contributed by atoms with Crippen LogP contribution in [-0.2, 0) is 4.74 Å². The Morgan fingerprint density at radius 2 is 2.07 bits per heavy atom. The van der Waals surface area contributed by atoms with Crippen LogP contribution in [0.1, 0.15) is 44.0 Å². The maximum absolute atomic E-state index is 11.0. The fraction of sp³-hybridized carbons (Fsp3) is 0.364. The third kappa shape index (κ3) is 3.36. The van der Waals surface area contributed by atoms with E-state index in [9.17, 15) is 5.11 Å². The van der Waals surface area contributed by atoms with Crippen LogP contribution in [-0.4, -0.2) is 40.1 Å². The van der Waals surface area contributed by atoms with E-state index in [0.717, 1.165) is 33.4 Å². The van der Waals surface area contributed by atoms with Crippen LogP contribution in [0.3, 0.4) is 0 Å². The number of benzene rings is 1. The van der Waals surface area contributed by atoms with E-state index in [1.165, 1.54) is 0 Å². The minimum atomic E-state index is 0.116. The molecule has 146 valence electrons. The molecule has 3 heterocycles. The quantitative estimate of drug-likeness (QED) is 0.694. The number of hydrogen-bond donors (Lipinski definition) is 2. The number of ether oxygens (including phenoxy) is 1. The number of pyridine rings is 1. The second-order valence-electron chi connectivity index (χ2n) is 7.43. The monoisotopic (exact) mass is 378 g/mol. The Balaban J connectivity index is 1.78. The summed E-state index contributed by atoms with van der Waals surface area (Å²) in [5.41, 5.74) is 4.70. The smallest absolute Gasteiger partial charge is 0.201 e. The largest absolute Gasteiger partial charge is 0.494 e. The molecule has 0 amide bonds. The molecule has 0 spiro atoms. The van der Waals surface area contributed by atoms with Crippen molar-refractivity contribution in [2.75, 3.05) is 25.1 Å². The van der Waals surface area contributed by atoms with E-state index in [4.69, 9.17) is 4.74 Å². The van der Waals surface area contributed by atoms with Gasteiger partial charge in [-0.15, -0.1) is 0 Å². The maximum Gasteiger partial charge on any atom is 0.201 e. The van der Waals surface area contributed by atoms with Gasteiger partial charge in [0.05, 0.1) is 42.6 Å². The topological polar surface area (TPSA) is 71.7 Å². The number of aliphatic imine (C=N–C) groups is 1. The van der Waals surface area contributed by atoms with Gasteiger partial charge in [-0.05, 0) is 50.6 Å². The summed E-state index contributed by atoms with van der Waals surface area (Å²) in [6, 6.07) is 10.5. The van der Waals surface area contributed by atoms with Crippen LogP contribution in [0.5, 0.6) is 5.88 Å². The molecule has 0 fully saturated rings. The summed E-state index contributed by atoms with van der Waals surface area (Å²) < 4.78 is 7.54. The van der Waals surface area contributed by atoms with Crippen LogP contribution in [0.15, 0.2) is 47.7 Å². The molecule has 0 saturated carbocycles. The lowest BCUT2D eigenvalue weighted by molar-refractivity contribution is 0.171. The van der Waals surface area contributed by atoms with Gasteiger partial charge in [-0.3, -0.25) is 9.98 Å². The van der Waals surface area contributed by atoms with E-state index < -0.39 is 0 Å². The number of hydrogen-bond acceptors (Lipinski definition) is 5. The van der Waals surface area contributed by atoms with Gasteiger partial charge in [0.25, 0.3) is 0 Å². The third-order valence-corrected chi connectivity index (χ3v) is 5.13. The zero-order valence-electron chi connectivity index (χ0n) is 16.5. The normalized spacial score (nSPS) is 15.6. The fourth-order valence-corrected chi connectivity index (χ4v) is 3.77. The zero-order valence-corrected chi connectivity index (χ0v) is 16.5. The first-order valence-corrected chi connectivity index (χ1v) is 9.71. The predicted molar refractivity (Wildman–Crippen MR) is 112 cm³/mol. The zero-order chi connectivity index (χ0) is 19.7. The summed E-state index contributed by atoms with van der Waals surface area (Å²) in [6.07, 6.45) is 3.65. The van der Waals surface area contributed by atoms with Gasteiger partial charge in [0.15, 0.2) is 0 Å². The lowest BCUT2D eigenvalue weighted by atomic mass is 10.1. The minimum absolute atomic E-state index is 0.116. The Hall–Kier alpha value is -2.86. The molecule has 28 heavy (non-hydrogen) atoms. The van der Waals surface area contributed by atoms with Gasteiger partial charge in [0.2, 0.25) is 5.88 Å². The molecule has 2 N–H and O–H groups in total. The summed E-state index contributed by atoms with van der Waals surface area (Å²) >= 11 is 0. The van der Waals surface area contributed by atoms with Gasteiger partial charge in [-0.25, -0.2) is 0 Å². The summed E-state index contributed by atoms with van der Waals surface area (Å²) in [6.45, 7) is 7.92. The van der Waals surface area contributed by atoms with E-state index in [0.29, 0.717) is 19.8 Å². The molecule has 1 aliphatic heterocycles. The lowest BCUT2D eigenvalue weighted by Crippen LogP contribution is -2.19. The second-order valence-corrected chi connectivity index (χ2v) is 7.43. The first-order chi connectivity index (χ1) is 13.6. The van der Waals surface area contributed by atoms with Crippen LogP contribution < -0.4 is 5.32 Å². The number of anilines is 1. The Labute approximate surface area is 164 Å². The SMILES string of the molecule is CC(Nc1ccc2c(c1)c(C1=NCCOC1)c(O)n2C(C)C)c1cccnc1. The van der Waals surface area contributed by atoms with Crippen LogP contribution in [0, 0.1) is 0 Å². The number of nitrogens with one attached hydrogen (secondary N) is 1. The highest BCUT2D eigenvalue weighted by Crippen LogP contribution is 2.37. The van der Waals surface area contributed by atoms with Gasteiger partial charge in [0.1, 0.15) is 0 Å². The molecule has 1 aromatic carbocycles. The number of nitrogens with zero attached hydrogens (tertiary/aromatic N) is 3. The van der Waals surface area contributed by atoms with Crippen LogP contribution in [0.25, 0.3) is 10.9 Å². The Morgan fingerprint density at radius 3 is 2.75 bits per heavy atom. The van der Waals surface area contributed by atoms with Crippen molar-refractivity contribution in [1.29, 1.82) is 0 Å². The molecule has 1 aliphatic rings. The standard InChI is InChI=1S/C22H26N4O2/c1-14(2)26-20-7-6-17(25-15(3)16-5-4-8-23-12-16)11-18(20)21(22(26)27)19-13-28-10-9-24-19/h4-8,11-12,14-15,25,27H,9-10,13H2,1-3H3. The lowest BCUT2D eigenvalue weighted by Gasteiger charge is -2.16. The average Bonchev–Trinajstić information content (AvgIpc) is 3.00. The minimum Gasteiger partial charge on any atom is -0.494 e. The molecule has 0 aliphatic carbocycles. The molecular formula is C22H26N4O2. The Kier molecular flexibility index (Phi) is 5.05. The fourth-order valence-electron chi connectivity index (χ4n) is 3.77. The number of rotatable bonds is 5. The van der Waals surface area contributed by atoms with Crippen molar-refractivity contribution in [2.24, 2.45) is 4.99 Å². The average molecular weight is 378 g/mol. The Morgan fingerprint density at radius 1 is 1.21 bits per heavy atom. The molecule has 0 bridgehead atoms. The maximum atomic E-state index is 11.0. The highest BCUT2D eigenvalue weighted by molar-refractivity contribution is 6.14. The summed E-state index contributed by atoms with van der Waals surface area (Å²) in [5, 5.41) is 15.5. The molecule has 1 atom stereocenters. The highest BCUT2D eigenvalue weighted by atomic mass is 16.5. The van der Waals surface area contributed by atoms with Crippen LogP contribution in [0.2, 0.25) is 0 Å². The van der Waals surface area contributed by atoms with Gasteiger partial charge in [0, 0.05) is 29.5 Å². The van der Waals surface area contributed by atoms with Gasteiger partial charge < -0.3 is 19.7 Å². The van der Waals surface area contributed by atoms with Crippen molar-refractivity contribution in [3.8, 4) is 5.88 Å².